The van der Waals surface area contributed by atoms with Gasteiger partial charge in [0.25, 0.3) is 0 Å². The summed E-state index contributed by atoms with van der Waals surface area (Å²) in [5.74, 6) is 0. The maximum Gasteiger partial charge on any atom is 0.187 e. The van der Waals surface area contributed by atoms with E-state index in [2.05, 4.69) is 18.7 Å². The van der Waals surface area contributed by atoms with Crippen LogP contribution in [0.2, 0.25) is 5.02 Å². The van der Waals surface area contributed by atoms with Crippen molar-refractivity contribution in [2.24, 2.45) is 0 Å². The van der Waals surface area contributed by atoms with Gasteiger partial charge in [0, 0.05) is 10.4 Å². The van der Waals surface area contributed by atoms with Crippen molar-refractivity contribution in [2.45, 2.75) is 31.2 Å². The lowest BCUT2D eigenvalue weighted by atomic mass is 10.1. The van der Waals surface area contributed by atoms with E-state index in [0.717, 1.165) is 21.4 Å². The zero-order valence-electron chi connectivity index (χ0n) is 13.2. The van der Waals surface area contributed by atoms with E-state index in [-0.39, 0.29) is 24.6 Å². The van der Waals surface area contributed by atoms with E-state index >= 15 is 0 Å². The topological polar surface area (TPSA) is 36.9 Å². The average molecular weight is 347 g/mol. The molecule has 2 aromatic rings. The van der Waals surface area contributed by atoms with Gasteiger partial charge in [-0.2, -0.15) is 0 Å². The predicted molar refractivity (Wildman–Crippen MR) is 92.1 cm³/mol. The standard InChI is InChI=1S/C19H19ClO4/c1-2-16-17(18-19(24-16)22-9-8-21-18)23-11-12-6-7-13-4-3-5-15(20)14(13)10-12/h2-7,10,16-19H,1,8-9,11H2/t16-,17+,18-,19+/m1/s1. The highest BCUT2D eigenvalue weighted by Crippen LogP contribution is 2.31. The maximum atomic E-state index is 6.28. The maximum absolute atomic E-state index is 6.28. The molecule has 0 bridgehead atoms. The Hall–Kier alpha value is -1.43. The highest BCUT2D eigenvalue weighted by Gasteiger charge is 2.47. The van der Waals surface area contributed by atoms with Crippen LogP contribution in [0, 0.1) is 0 Å². The molecule has 4 rings (SSSR count). The predicted octanol–water partition coefficient (Wildman–Crippen LogP) is 3.70. The Bertz CT molecular complexity index is 747. The smallest absolute Gasteiger partial charge is 0.187 e. The lowest BCUT2D eigenvalue weighted by molar-refractivity contribution is -0.220. The van der Waals surface area contributed by atoms with Crippen LogP contribution < -0.4 is 0 Å². The Morgan fingerprint density at radius 1 is 1.21 bits per heavy atom. The van der Waals surface area contributed by atoms with Gasteiger partial charge in [-0.15, -0.1) is 6.58 Å². The molecule has 4 nitrogen and oxygen atoms in total. The van der Waals surface area contributed by atoms with Gasteiger partial charge in [-0.1, -0.05) is 41.9 Å². The van der Waals surface area contributed by atoms with Crippen molar-refractivity contribution >= 4 is 22.4 Å². The molecule has 0 N–H and O–H groups in total. The number of ether oxygens (including phenoxy) is 4. The summed E-state index contributed by atoms with van der Waals surface area (Å²) in [7, 11) is 0. The second-order valence-corrected chi connectivity index (χ2v) is 6.39. The zero-order valence-corrected chi connectivity index (χ0v) is 13.9. The fourth-order valence-electron chi connectivity index (χ4n) is 3.25. The molecule has 4 atom stereocenters. The van der Waals surface area contributed by atoms with Crippen molar-refractivity contribution in [3.05, 3.63) is 59.6 Å². The molecule has 2 aromatic carbocycles. The molecule has 2 heterocycles. The minimum Gasteiger partial charge on any atom is -0.368 e. The van der Waals surface area contributed by atoms with Gasteiger partial charge >= 0.3 is 0 Å². The van der Waals surface area contributed by atoms with Gasteiger partial charge in [0.05, 0.1) is 19.8 Å². The van der Waals surface area contributed by atoms with Gasteiger partial charge in [0.15, 0.2) is 6.29 Å². The summed E-state index contributed by atoms with van der Waals surface area (Å²) in [4.78, 5) is 0. The number of hydrogen-bond acceptors (Lipinski definition) is 4. The first-order valence-electron chi connectivity index (χ1n) is 8.06. The van der Waals surface area contributed by atoms with Gasteiger partial charge in [-0.05, 0) is 23.1 Å². The van der Waals surface area contributed by atoms with Crippen LogP contribution in [0.3, 0.4) is 0 Å². The van der Waals surface area contributed by atoms with Crippen molar-refractivity contribution in [1.29, 1.82) is 0 Å². The molecule has 2 aliphatic rings. The summed E-state index contributed by atoms with van der Waals surface area (Å²) in [6.45, 7) is 5.37. The summed E-state index contributed by atoms with van der Waals surface area (Å²) < 4.78 is 23.3. The molecular formula is C19H19ClO4. The first kappa shape index (κ1) is 16.1. The van der Waals surface area contributed by atoms with Gasteiger partial charge in [0.1, 0.15) is 18.3 Å². The number of benzene rings is 2. The normalized spacial score (nSPS) is 29.5. The molecule has 2 saturated heterocycles. The number of halogens is 1. The van der Waals surface area contributed by atoms with Crippen LogP contribution in [0.4, 0.5) is 0 Å². The van der Waals surface area contributed by atoms with Gasteiger partial charge in [-0.3, -0.25) is 0 Å². The van der Waals surface area contributed by atoms with Crippen LogP contribution in [-0.2, 0) is 25.6 Å². The quantitative estimate of drug-likeness (QED) is 0.791. The first-order valence-corrected chi connectivity index (χ1v) is 8.44. The van der Waals surface area contributed by atoms with Gasteiger partial charge in [0.2, 0.25) is 0 Å². The first-order chi connectivity index (χ1) is 11.8. The summed E-state index contributed by atoms with van der Waals surface area (Å²) in [5, 5.41) is 2.88. The van der Waals surface area contributed by atoms with E-state index in [9.17, 15) is 0 Å². The summed E-state index contributed by atoms with van der Waals surface area (Å²) in [6.07, 6.45) is 0.688. The SMILES string of the molecule is C=C[C@H]1O[C@@H]2OCCO[C@@H]2[C@H]1OCc1ccc2cccc(Cl)c2c1. The third-order valence-corrected chi connectivity index (χ3v) is 4.78. The Kier molecular flexibility index (Phi) is 4.57. The monoisotopic (exact) mass is 346 g/mol. The van der Waals surface area contributed by atoms with Crippen molar-refractivity contribution in [3.63, 3.8) is 0 Å². The molecule has 0 unspecified atom stereocenters. The minimum absolute atomic E-state index is 0.217. The van der Waals surface area contributed by atoms with Crippen molar-refractivity contribution in [1.82, 2.24) is 0 Å². The molecular weight excluding hydrogens is 328 g/mol. The molecule has 5 heteroatoms. The number of rotatable bonds is 4. The molecule has 0 saturated carbocycles. The van der Waals surface area contributed by atoms with Crippen LogP contribution in [0.15, 0.2) is 49.1 Å². The van der Waals surface area contributed by atoms with E-state index < -0.39 is 0 Å². The van der Waals surface area contributed by atoms with Crippen molar-refractivity contribution < 1.29 is 18.9 Å². The van der Waals surface area contributed by atoms with E-state index in [1.54, 1.807) is 6.08 Å². The lowest BCUT2D eigenvalue weighted by Crippen LogP contribution is -2.42. The molecule has 0 spiro atoms. The molecule has 0 aliphatic carbocycles. The number of hydrogen-bond donors (Lipinski definition) is 0. The highest BCUT2D eigenvalue weighted by atomic mass is 35.5. The summed E-state index contributed by atoms with van der Waals surface area (Å²) in [5.41, 5.74) is 1.05. The minimum atomic E-state index is -0.377. The van der Waals surface area contributed by atoms with Gasteiger partial charge < -0.3 is 18.9 Å². The molecule has 0 aromatic heterocycles. The molecule has 126 valence electrons. The molecule has 2 fully saturated rings. The van der Waals surface area contributed by atoms with Crippen LogP contribution in [0.25, 0.3) is 10.8 Å². The third-order valence-electron chi connectivity index (χ3n) is 4.45. The Morgan fingerprint density at radius 3 is 2.96 bits per heavy atom. The molecule has 0 radical (unpaired) electrons. The summed E-state index contributed by atoms with van der Waals surface area (Å²) >= 11 is 6.28. The lowest BCUT2D eigenvalue weighted by Gasteiger charge is -2.27. The van der Waals surface area contributed by atoms with Crippen LogP contribution in [0.1, 0.15) is 5.56 Å². The second kappa shape index (κ2) is 6.82. The van der Waals surface area contributed by atoms with Crippen LogP contribution in [-0.4, -0.2) is 37.8 Å². The number of fused-ring (bicyclic) bond motifs is 2. The van der Waals surface area contributed by atoms with E-state index in [1.165, 1.54) is 0 Å². The van der Waals surface area contributed by atoms with Gasteiger partial charge in [-0.25, -0.2) is 0 Å². The second-order valence-electron chi connectivity index (χ2n) is 5.98. The fraction of sp³-hybridized carbons (Fsp3) is 0.368. The van der Waals surface area contributed by atoms with E-state index in [0.29, 0.717) is 19.8 Å². The molecule has 2 aliphatic heterocycles. The largest absolute Gasteiger partial charge is 0.368 e. The van der Waals surface area contributed by atoms with Crippen LogP contribution in [0.5, 0.6) is 0 Å². The van der Waals surface area contributed by atoms with E-state index in [1.807, 2.05) is 24.3 Å². The zero-order chi connectivity index (χ0) is 16.5. The van der Waals surface area contributed by atoms with E-state index in [4.69, 9.17) is 30.5 Å². The Morgan fingerprint density at radius 2 is 2.08 bits per heavy atom. The van der Waals surface area contributed by atoms with Crippen LogP contribution >= 0.6 is 11.6 Å². The molecule has 24 heavy (non-hydrogen) atoms. The highest BCUT2D eigenvalue weighted by molar-refractivity contribution is 6.35. The average Bonchev–Trinajstić information content (AvgIpc) is 2.98. The van der Waals surface area contributed by atoms with Crippen molar-refractivity contribution in [3.8, 4) is 0 Å². The Labute approximate surface area is 145 Å². The van der Waals surface area contributed by atoms with Crippen molar-refractivity contribution in [2.75, 3.05) is 13.2 Å². The third kappa shape index (κ3) is 2.96. The Balaban J connectivity index is 1.51. The summed E-state index contributed by atoms with van der Waals surface area (Å²) in [6, 6.07) is 12.1. The fourth-order valence-corrected chi connectivity index (χ4v) is 3.49. The molecule has 0 amide bonds.